The number of nitrogens with zero attached hydrogens (tertiary/aromatic N) is 4. The first-order valence-electron chi connectivity index (χ1n) is 7.90. The van der Waals surface area contributed by atoms with Crippen LogP contribution in [0.1, 0.15) is 19.8 Å². The van der Waals surface area contributed by atoms with E-state index in [1.807, 2.05) is 17.2 Å². The van der Waals surface area contributed by atoms with Crippen LogP contribution in [-0.2, 0) is 4.79 Å². The van der Waals surface area contributed by atoms with Gasteiger partial charge in [0.1, 0.15) is 17.8 Å². The topological polar surface area (TPSA) is 65.1 Å². The van der Waals surface area contributed by atoms with Gasteiger partial charge < -0.3 is 14.8 Å². The highest BCUT2D eigenvalue weighted by Crippen LogP contribution is 2.41. The molecule has 116 valence electrons. The third kappa shape index (κ3) is 2.05. The van der Waals surface area contributed by atoms with Crippen molar-refractivity contribution in [2.75, 3.05) is 25.0 Å². The fourth-order valence-corrected chi connectivity index (χ4v) is 4.15. The van der Waals surface area contributed by atoms with E-state index < -0.39 is 0 Å². The molecule has 0 radical (unpaired) electrons. The Labute approximate surface area is 129 Å². The normalized spacial score (nSPS) is 27.4. The van der Waals surface area contributed by atoms with Gasteiger partial charge in [0.15, 0.2) is 0 Å². The molecule has 3 atom stereocenters. The van der Waals surface area contributed by atoms with Gasteiger partial charge in [-0.3, -0.25) is 4.79 Å². The molecule has 1 saturated carbocycles. The molecule has 22 heavy (non-hydrogen) atoms. The number of hydrogen-bond donors (Lipinski definition) is 1. The van der Waals surface area contributed by atoms with Gasteiger partial charge in [-0.05, 0) is 30.7 Å². The number of aromatic nitrogens is 3. The number of nitrogens with one attached hydrogen (secondary N) is 1. The van der Waals surface area contributed by atoms with Crippen molar-refractivity contribution < 1.29 is 4.79 Å². The van der Waals surface area contributed by atoms with E-state index in [1.54, 1.807) is 13.3 Å². The van der Waals surface area contributed by atoms with Crippen LogP contribution in [0.15, 0.2) is 18.6 Å². The summed E-state index contributed by atoms with van der Waals surface area (Å²) in [5.41, 5.74) is 0.887. The highest BCUT2D eigenvalue weighted by atomic mass is 16.2. The van der Waals surface area contributed by atoms with Crippen LogP contribution in [-0.4, -0.2) is 51.9 Å². The van der Waals surface area contributed by atoms with Gasteiger partial charge in [0.05, 0.1) is 5.39 Å². The van der Waals surface area contributed by atoms with E-state index in [1.165, 1.54) is 0 Å². The molecule has 0 aromatic carbocycles. The lowest BCUT2D eigenvalue weighted by molar-refractivity contribution is -0.128. The smallest absolute Gasteiger partial charge is 0.219 e. The molecule has 2 aliphatic rings. The first-order valence-corrected chi connectivity index (χ1v) is 7.90. The summed E-state index contributed by atoms with van der Waals surface area (Å²) in [4.78, 5) is 27.7. The van der Waals surface area contributed by atoms with Crippen molar-refractivity contribution in [2.24, 2.45) is 11.8 Å². The van der Waals surface area contributed by atoms with E-state index in [9.17, 15) is 4.79 Å². The first kappa shape index (κ1) is 13.5. The fraction of sp³-hybridized carbons (Fsp3) is 0.562. The van der Waals surface area contributed by atoms with Crippen LogP contribution >= 0.6 is 0 Å². The van der Waals surface area contributed by atoms with Crippen LogP contribution in [0.5, 0.6) is 0 Å². The monoisotopic (exact) mass is 299 g/mol. The van der Waals surface area contributed by atoms with Gasteiger partial charge in [0, 0.05) is 39.3 Å². The lowest BCUT2D eigenvalue weighted by Crippen LogP contribution is -2.33. The summed E-state index contributed by atoms with van der Waals surface area (Å²) in [6.07, 6.45) is 5.81. The van der Waals surface area contributed by atoms with Gasteiger partial charge in [-0.2, -0.15) is 0 Å². The lowest BCUT2D eigenvalue weighted by Gasteiger charge is -2.27. The zero-order valence-corrected chi connectivity index (χ0v) is 13.0. The number of carbonyl (C=O) groups excluding carboxylic acids is 1. The minimum absolute atomic E-state index is 0.212. The zero-order chi connectivity index (χ0) is 15.3. The van der Waals surface area contributed by atoms with E-state index in [4.69, 9.17) is 0 Å². The van der Waals surface area contributed by atoms with Gasteiger partial charge in [0.2, 0.25) is 5.91 Å². The number of hydrogen-bond acceptors (Lipinski definition) is 4. The molecule has 2 aromatic heterocycles. The van der Waals surface area contributed by atoms with E-state index in [0.29, 0.717) is 17.9 Å². The standard InChI is InChI=1S/C16H21N5O/c1-10(22)21-7-11-5-13(6-12(11)8-21)20(2)16-14-3-4-17-15(14)18-9-19-16/h3-4,9,11-13H,5-8H2,1-2H3,(H,17,18,19)/t11-,12?,13-/m1/s1. The van der Waals surface area contributed by atoms with Crippen LogP contribution in [0, 0.1) is 11.8 Å². The van der Waals surface area contributed by atoms with Crippen LogP contribution in [0.3, 0.4) is 0 Å². The molecule has 1 amide bonds. The summed E-state index contributed by atoms with van der Waals surface area (Å²) in [6, 6.07) is 2.53. The number of H-pyrrole nitrogens is 1. The van der Waals surface area contributed by atoms with Crippen LogP contribution in [0.4, 0.5) is 5.82 Å². The van der Waals surface area contributed by atoms with Crippen molar-refractivity contribution >= 4 is 22.8 Å². The molecule has 1 N–H and O–H groups in total. The Hall–Kier alpha value is -2.11. The third-order valence-corrected chi connectivity index (χ3v) is 5.39. The van der Waals surface area contributed by atoms with E-state index >= 15 is 0 Å². The molecular weight excluding hydrogens is 278 g/mol. The molecule has 2 aromatic rings. The number of likely N-dealkylation sites (tertiary alicyclic amines) is 1. The Kier molecular flexibility index (Phi) is 3.06. The molecule has 1 aliphatic carbocycles. The Morgan fingerprint density at radius 1 is 1.32 bits per heavy atom. The first-order chi connectivity index (χ1) is 10.6. The molecule has 1 aliphatic heterocycles. The van der Waals surface area contributed by atoms with E-state index in [-0.39, 0.29) is 5.91 Å². The Balaban J connectivity index is 1.53. The van der Waals surface area contributed by atoms with Crippen molar-refractivity contribution in [3.05, 3.63) is 18.6 Å². The molecule has 6 heteroatoms. The Bertz CT molecular complexity index is 697. The van der Waals surface area contributed by atoms with Gasteiger partial charge in [-0.1, -0.05) is 0 Å². The average Bonchev–Trinajstić information content (AvgIpc) is 3.18. The summed E-state index contributed by atoms with van der Waals surface area (Å²) >= 11 is 0. The Morgan fingerprint density at radius 2 is 2.05 bits per heavy atom. The number of carbonyl (C=O) groups is 1. The van der Waals surface area contributed by atoms with E-state index in [0.717, 1.165) is 42.8 Å². The fourth-order valence-electron chi connectivity index (χ4n) is 4.15. The second kappa shape index (κ2) is 4.97. The van der Waals surface area contributed by atoms with Crippen LogP contribution in [0.25, 0.3) is 11.0 Å². The number of anilines is 1. The highest BCUT2D eigenvalue weighted by Gasteiger charge is 2.43. The summed E-state index contributed by atoms with van der Waals surface area (Å²) in [6.45, 7) is 3.52. The van der Waals surface area contributed by atoms with Gasteiger partial charge in [-0.15, -0.1) is 0 Å². The van der Waals surface area contributed by atoms with Crippen molar-refractivity contribution in [1.82, 2.24) is 19.9 Å². The van der Waals surface area contributed by atoms with Crippen molar-refractivity contribution in [2.45, 2.75) is 25.8 Å². The minimum atomic E-state index is 0.212. The largest absolute Gasteiger partial charge is 0.356 e. The Morgan fingerprint density at radius 3 is 2.73 bits per heavy atom. The maximum absolute atomic E-state index is 11.5. The molecule has 6 nitrogen and oxygen atoms in total. The maximum atomic E-state index is 11.5. The highest BCUT2D eigenvalue weighted by molar-refractivity contribution is 5.87. The van der Waals surface area contributed by atoms with Gasteiger partial charge in [0.25, 0.3) is 0 Å². The molecule has 2 fully saturated rings. The van der Waals surface area contributed by atoms with Crippen molar-refractivity contribution in [1.29, 1.82) is 0 Å². The minimum Gasteiger partial charge on any atom is -0.356 e. The third-order valence-electron chi connectivity index (χ3n) is 5.39. The number of fused-ring (bicyclic) bond motifs is 2. The second-order valence-corrected chi connectivity index (χ2v) is 6.62. The zero-order valence-electron chi connectivity index (χ0n) is 13.0. The average molecular weight is 299 g/mol. The van der Waals surface area contributed by atoms with Crippen LogP contribution < -0.4 is 4.90 Å². The summed E-state index contributed by atoms with van der Waals surface area (Å²) in [5, 5.41) is 1.08. The summed E-state index contributed by atoms with van der Waals surface area (Å²) in [7, 11) is 2.13. The van der Waals surface area contributed by atoms with Crippen molar-refractivity contribution in [3.63, 3.8) is 0 Å². The molecule has 0 bridgehead atoms. The van der Waals surface area contributed by atoms with E-state index in [2.05, 4.69) is 26.9 Å². The van der Waals surface area contributed by atoms with Crippen LogP contribution in [0.2, 0.25) is 0 Å². The predicted molar refractivity (Wildman–Crippen MR) is 84.5 cm³/mol. The molecule has 0 spiro atoms. The van der Waals surface area contributed by atoms with Crippen molar-refractivity contribution in [3.8, 4) is 0 Å². The van der Waals surface area contributed by atoms with Gasteiger partial charge >= 0.3 is 0 Å². The lowest BCUT2D eigenvalue weighted by atomic mass is 10.0. The molecule has 4 rings (SSSR count). The maximum Gasteiger partial charge on any atom is 0.219 e. The number of amides is 1. The molecule has 1 unspecified atom stereocenters. The second-order valence-electron chi connectivity index (χ2n) is 6.62. The summed E-state index contributed by atoms with van der Waals surface area (Å²) < 4.78 is 0. The SMILES string of the molecule is CC(=O)N1CC2C[C@H](N(C)c3ncnc4[nH]ccc34)C[C@@H]2C1. The predicted octanol–water partition coefficient (Wildman–Crippen LogP) is 1.65. The van der Waals surface area contributed by atoms with Gasteiger partial charge in [-0.25, -0.2) is 9.97 Å². The molecule has 3 heterocycles. The summed E-state index contributed by atoms with van der Waals surface area (Å²) in [5.74, 6) is 2.49. The number of rotatable bonds is 2. The molecule has 1 saturated heterocycles. The molecular formula is C16H21N5O. The quantitative estimate of drug-likeness (QED) is 0.916. The number of aromatic amines is 1.